The molecule has 7 heteroatoms. The van der Waals surface area contributed by atoms with Gasteiger partial charge in [0, 0.05) is 45.8 Å². The first-order valence-corrected chi connectivity index (χ1v) is 10.1. The van der Waals surface area contributed by atoms with Gasteiger partial charge < -0.3 is 14.5 Å². The SMILES string of the molecule is COc1ccc(CN2CCN(c3ccc(N4CCCCC4)nn3)CC2)cc1F. The maximum atomic E-state index is 13.9. The molecule has 2 aromatic rings. The minimum absolute atomic E-state index is 0.292. The van der Waals surface area contributed by atoms with Crippen LogP contribution in [-0.4, -0.2) is 61.5 Å². The minimum atomic E-state index is -0.303. The van der Waals surface area contributed by atoms with Crippen LogP contribution < -0.4 is 14.5 Å². The Morgan fingerprint density at radius 3 is 2.07 bits per heavy atom. The molecule has 3 heterocycles. The number of nitrogens with zero attached hydrogens (tertiary/aromatic N) is 5. The number of piperidine rings is 1. The van der Waals surface area contributed by atoms with Crippen molar-refractivity contribution in [3.63, 3.8) is 0 Å². The highest BCUT2D eigenvalue weighted by Gasteiger charge is 2.20. The minimum Gasteiger partial charge on any atom is -0.494 e. The van der Waals surface area contributed by atoms with E-state index in [1.54, 1.807) is 12.1 Å². The number of benzene rings is 1. The van der Waals surface area contributed by atoms with Crippen molar-refractivity contribution in [2.24, 2.45) is 0 Å². The molecule has 28 heavy (non-hydrogen) atoms. The van der Waals surface area contributed by atoms with E-state index < -0.39 is 0 Å². The second kappa shape index (κ2) is 8.73. The average molecular weight is 385 g/mol. The Balaban J connectivity index is 1.30. The number of piperazine rings is 1. The summed E-state index contributed by atoms with van der Waals surface area (Å²) in [5.41, 5.74) is 0.970. The summed E-state index contributed by atoms with van der Waals surface area (Å²) in [6.45, 7) is 6.55. The number of hydrogen-bond acceptors (Lipinski definition) is 6. The number of methoxy groups -OCH3 is 1. The van der Waals surface area contributed by atoms with Crippen LogP contribution >= 0.6 is 0 Å². The molecule has 0 amide bonds. The Morgan fingerprint density at radius 1 is 0.857 bits per heavy atom. The Hall–Kier alpha value is -2.41. The molecule has 0 atom stereocenters. The first-order valence-electron chi connectivity index (χ1n) is 10.1. The molecule has 0 saturated carbocycles. The lowest BCUT2D eigenvalue weighted by Crippen LogP contribution is -2.46. The number of rotatable bonds is 5. The van der Waals surface area contributed by atoms with Gasteiger partial charge in [-0.05, 0) is 49.1 Å². The van der Waals surface area contributed by atoms with Crippen LogP contribution in [0.4, 0.5) is 16.0 Å². The summed E-state index contributed by atoms with van der Waals surface area (Å²) in [5, 5.41) is 8.93. The van der Waals surface area contributed by atoms with Crippen molar-refractivity contribution in [1.82, 2.24) is 15.1 Å². The van der Waals surface area contributed by atoms with E-state index in [-0.39, 0.29) is 5.82 Å². The van der Waals surface area contributed by atoms with Gasteiger partial charge in [-0.1, -0.05) is 6.07 Å². The molecule has 1 aromatic carbocycles. The van der Waals surface area contributed by atoms with E-state index in [0.29, 0.717) is 5.75 Å². The molecule has 4 rings (SSSR count). The van der Waals surface area contributed by atoms with Gasteiger partial charge >= 0.3 is 0 Å². The first kappa shape index (κ1) is 18.9. The lowest BCUT2D eigenvalue weighted by molar-refractivity contribution is 0.248. The Morgan fingerprint density at radius 2 is 1.50 bits per heavy atom. The predicted octanol–water partition coefficient (Wildman–Crippen LogP) is 2.94. The molecule has 1 aromatic heterocycles. The summed E-state index contributed by atoms with van der Waals surface area (Å²) in [6.07, 6.45) is 3.79. The molecular weight excluding hydrogens is 357 g/mol. The summed E-state index contributed by atoms with van der Waals surface area (Å²) < 4.78 is 18.9. The molecule has 0 aliphatic carbocycles. The maximum Gasteiger partial charge on any atom is 0.165 e. The van der Waals surface area contributed by atoms with Crippen LogP contribution in [0.3, 0.4) is 0 Å². The number of aromatic nitrogens is 2. The largest absolute Gasteiger partial charge is 0.494 e. The van der Waals surface area contributed by atoms with E-state index in [1.807, 2.05) is 6.07 Å². The predicted molar refractivity (Wildman–Crippen MR) is 109 cm³/mol. The van der Waals surface area contributed by atoms with E-state index in [0.717, 1.165) is 63.0 Å². The topological polar surface area (TPSA) is 44.7 Å². The fourth-order valence-corrected chi connectivity index (χ4v) is 3.98. The van der Waals surface area contributed by atoms with Gasteiger partial charge in [-0.25, -0.2) is 4.39 Å². The smallest absolute Gasteiger partial charge is 0.165 e. The van der Waals surface area contributed by atoms with Crippen LogP contribution in [0.25, 0.3) is 0 Å². The van der Waals surface area contributed by atoms with Gasteiger partial charge in [-0.3, -0.25) is 4.90 Å². The Kier molecular flexibility index (Phi) is 5.90. The fourth-order valence-electron chi connectivity index (χ4n) is 3.98. The molecular formula is C21H28FN5O. The van der Waals surface area contributed by atoms with Gasteiger partial charge in [0.05, 0.1) is 7.11 Å². The van der Waals surface area contributed by atoms with Crippen LogP contribution in [0.2, 0.25) is 0 Å². The summed E-state index contributed by atoms with van der Waals surface area (Å²) in [4.78, 5) is 6.94. The lowest BCUT2D eigenvalue weighted by atomic mass is 10.1. The Bertz CT molecular complexity index is 771. The summed E-state index contributed by atoms with van der Waals surface area (Å²) in [5.74, 6) is 1.92. The van der Waals surface area contributed by atoms with E-state index in [1.165, 1.54) is 26.4 Å². The molecule has 2 fully saturated rings. The van der Waals surface area contributed by atoms with Crippen molar-refractivity contribution in [3.05, 3.63) is 41.7 Å². The third-order valence-corrected chi connectivity index (χ3v) is 5.64. The monoisotopic (exact) mass is 385 g/mol. The number of halogens is 1. The van der Waals surface area contributed by atoms with Crippen molar-refractivity contribution in [2.75, 3.05) is 56.2 Å². The highest BCUT2D eigenvalue weighted by atomic mass is 19.1. The van der Waals surface area contributed by atoms with Crippen molar-refractivity contribution in [2.45, 2.75) is 25.8 Å². The van der Waals surface area contributed by atoms with Gasteiger partial charge in [0.15, 0.2) is 23.2 Å². The van der Waals surface area contributed by atoms with Crippen LogP contribution in [0.1, 0.15) is 24.8 Å². The van der Waals surface area contributed by atoms with E-state index in [4.69, 9.17) is 4.74 Å². The molecule has 0 N–H and O–H groups in total. The van der Waals surface area contributed by atoms with Crippen molar-refractivity contribution >= 4 is 11.6 Å². The number of ether oxygens (including phenoxy) is 1. The Labute approximate surface area is 165 Å². The molecule has 2 aliphatic rings. The van der Waals surface area contributed by atoms with Crippen molar-refractivity contribution < 1.29 is 9.13 Å². The van der Waals surface area contributed by atoms with Gasteiger partial charge in [0.2, 0.25) is 0 Å². The third-order valence-electron chi connectivity index (χ3n) is 5.64. The lowest BCUT2D eigenvalue weighted by Gasteiger charge is -2.35. The molecule has 0 unspecified atom stereocenters. The maximum absolute atomic E-state index is 13.9. The van der Waals surface area contributed by atoms with E-state index in [9.17, 15) is 4.39 Å². The average Bonchev–Trinajstić information content (AvgIpc) is 2.75. The second-order valence-electron chi connectivity index (χ2n) is 7.53. The third kappa shape index (κ3) is 4.35. The standard InChI is InChI=1S/C21H28FN5O/c1-28-19-6-5-17(15-18(19)22)16-25-11-13-27(14-12-25)21-8-7-20(23-24-21)26-9-3-2-4-10-26/h5-8,15H,2-4,9-14,16H2,1H3. The molecule has 0 bridgehead atoms. The molecule has 2 saturated heterocycles. The van der Waals surface area contributed by atoms with Gasteiger partial charge in [0.25, 0.3) is 0 Å². The highest BCUT2D eigenvalue weighted by Crippen LogP contribution is 2.21. The van der Waals surface area contributed by atoms with Crippen LogP contribution in [0.5, 0.6) is 5.75 Å². The number of anilines is 2. The van der Waals surface area contributed by atoms with Crippen LogP contribution in [-0.2, 0) is 6.54 Å². The quantitative estimate of drug-likeness (QED) is 0.789. The van der Waals surface area contributed by atoms with Crippen molar-refractivity contribution in [1.29, 1.82) is 0 Å². The first-order chi connectivity index (χ1) is 13.7. The fraction of sp³-hybridized carbons (Fsp3) is 0.524. The van der Waals surface area contributed by atoms with E-state index >= 15 is 0 Å². The zero-order valence-electron chi connectivity index (χ0n) is 16.5. The van der Waals surface area contributed by atoms with Gasteiger partial charge in [0.1, 0.15) is 0 Å². The second-order valence-corrected chi connectivity index (χ2v) is 7.53. The molecule has 150 valence electrons. The molecule has 0 radical (unpaired) electrons. The van der Waals surface area contributed by atoms with Crippen LogP contribution in [0.15, 0.2) is 30.3 Å². The van der Waals surface area contributed by atoms with Crippen LogP contribution in [0, 0.1) is 5.82 Å². The van der Waals surface area contributed by atoms with Gasteiger partial charge in [-0.15, -0.1) is 10.2 Å². The van der Waals surface area contributed by atoms with Gasteiger partial charge in [-0.2, -0.15) is 0 Å². The number of hydrogen-bond donors (Lipinski definition) is 0. The molecule has 6 nitrogen and oxygen atoms in total. The zero-order chi connectivity index (χ0) is 19.3. The summed E-state index contributed by atoms with van der Waals surface area (Å²) in [6, 6.07) is 9.38. The highest BCUT2D eigenvalue weighted by molar-refractivity contribution is 5.45. The summed E-state index contributed by atoms with van der Waals surface area (Å²) >= 11 is 0. The molecule has 2 aliphatic heterocycles. The summed E-state index contributed by atoms with van der Waals surface area (Å²) in [7, 11) is 1.49. The van der Waals surface area contributed by atoms with Crippen molar-refractivity contribution in [3.8, 4) is 5.75 Å². The zero-order valence-corrected chi connectivity index (χ0v) is 16.5. The molecule has 0 spiro atoms. The van der Waals surface area contributed by atoms with E-state index in [2.05, 4.69) is 37.0 Å². The normalized spacial score (nSPS) is 18.4.